The quantitative estimate of drug-likeness (QED) is 0.405. The topological polar surface area (TPSA) is 18.5 Å². The number of hydrogen-bond donors (Lipinski definition) is 0. The Morgan fingerprint density at radius 2 is 2.25 bits per heavy atom. The molecule has 0 N–H and O–H groups in total. The SMILES string of the molecule is CCOCOC1CC1. The molecule has 8 heavy (non-hydrogen) atoms. The predicted molar refractivity (Wildman–Crippen MR) is 30.6 cm³/mol. The monoisotopic (exact) mass is 116 g/mol. The first-order chi connectivity index (χ1) is 3.93. The lowest BCUT2D eigenvalue weighted by Crippen LogP contribution is -2.00. The van der Waals surface area contributed by atoms with Gasteiger partial charge in [0, 0.05) is 6.61 Å². The minimum absolute atomic E-state index is 0.487. The number of ether oxygens (including phenoxy) is 2. The van der Waals surface area contributed by atoms with Crippen LogP contribution in [0.3, 0.4) is 0 Å². The van der Waals surface area contributed by atoms with Gasteiger partial charge in [-0.05, 0) is 19.8 Å². The van der Waals surface area contributed by atoms with Gasteiger partial charge in [-0.2, -0.15) is 0 Å². The van der Waals surface area contributed by atoms with Gasteiger partial charge in [-0.25, -0.2) is 0 Å². The van der Waals surface area contributed by atoms with Crippen LogP contribution in [-0.4, -0.2) is 19.5 Å². The molecule has 0 heterocycles. The average molecular weight is 116 g/mol. The van der Waals surface area contributed by atoms with Crippen molar-refractivity contribution in [3.05, 3.63) is 0 Å². The maximum absolute atomic E-state index is 5.17. The lowest BCUT2D eigenvalue weighted by molar-refractivity contribution is -0.0571. The second-order valence-corrected chi connectivity index (χ2v) is 1.98. The summed E-state index contributed by atoms with van der Waals surface area (Å²) < 4.78 is 10.1. The van der Waals surface area contributed by atoms with E-state index in [9.17, 15) is 0 Å². The largest absolute Gasteiger partial charge is 0.356 e. The highest BCUT2D eigenvalue weighted by Crippen LogP contribution is 2.22. The van der Waals surface area contributed by atoms with E-state index in [-0.39, 0.29) is 0 Å². The summed E-state index contributed by atoms with van der Waals surface area (Å²) in [5.74, 6) is 0. The Morgan fingerprint density at radius 1 is 1.50 bits per heavy atom. The van der Waals surface area contributed by atoms with Crippen molar-refractivity contribution < 1.29 is 9.47 Å². The Morgan fingerprint density at radius 3 is 2.75 bits per heavy atom. The maximum Gasteiger partial charge on any atom is 0.147 e. The van der Waals surface area contributed by atoms with E-state index in [1.54, 1.807) is 0 Å². The molecule has 0 aromatic rings. The molecular weight excluding hydrogens is 104 g/mol. The Labute approximate surface area is 49.8 Å². The van der Waals surface area contributed by atoms with Crippen LogP contribution in [0, 0.1) is 0 Å². The first kappa shape index (κ1) is 6.05. The molecule has 0 radical (unpaired) electrons. The summed E-state index contributed by atoms with van der Waals surface area (Å²) in [5.41, 5.74) is 0. The summed E-state index contributed by atoms with van der Waals surface area (Å²) in [6.07, 6.45) is 2.99. The summed E-state index contributed by atoms with van der Waals surface area (Å²) in [4.78, 5) is 0. The van der Waals surface area contributed by atoms with Crippen LogP contribution < -0.4 is 0 Å². The van der Waals surface area contributed by atoms with Crippen molar-refractivity contribution in [1.82, 2.24) is 0 Å². The van der Waals surface area contributed by atoms with Crippen LogP contribution in [0.25, 0.3) is 0 Å². The first-order valence-electron chi connectivity index (χ1n) is 3.13. The molecule has 0 spiro atoms. The lowest BCUT2D eigenvalue weighted by Gasteiger charge is -1.99. The van der Waals surface area contributed by atoms with Gasteiger partial charge in [0.2, 0.25) is 0 Å². The molecule has 1 aliphatic carbocycles. The number of hydrogen-bond acceptors (Lipinski definition) is 2. The van der Waals surface area contributed by atoms with Crippen molar-refractivity contribution in [1.29, 1.82) is 0 Å². The van der Waals surface area contributed by atoms with Gasteiger partial charge in [0.25, 0.3) is 0 Å². The standard InChI is InChI=1S/C6H12O2/c1-2-7-5-8-6-3-4-6/h6H,2-5H2,1H3. The van der Waals surface area contributed by atoms with E-state index in [2.05, 4.69) is 0 Å². The molecule has 2 heteroatoms. The zero-order valence-corrected chi connectivity index (χ0v) is 5.22. The summed E-state index contributed by atoms with van der Waals surface area (Å²) >= 11 is 0. The van der Waals surface area contributed by atoms with E-state index in [4.69, 9.17) is 9.47 Å². The van der Waals surface area contributed by atoms with Crippen LogP contribution >= 0.6 is 0 Å². The zero-order valence-electron chi connectivity index (χ0n) is 5.22. The molecule has 0 aromatic carbocycles. The third-order valence-corrected chi connectivity index (χ3v) is 1.12. The fourth-order valence-electron chi connectivity index (χ4n) is 0.462. The van der Waals surface area contributed by atoms with E-state index < -0.39 is 0 Å². The molecule has 0 atom stereocenters. The van der Waals surface area contributed by atoms with Crippen LogP contribution in [0.2, 0.25) is 0 Å². The van der Waals surface area contributed by atoms with E-state index >= 15 is 0 Å². The molecule has 0 aromatic heterocycles. The van der Waals surface area contributed by atoms with E-state index in [1.807, 2.05) is 6.92 Å². The normalized spacial score (nSPS) is 19.1. The Bertz CT molecular complexity index is 59.5. The van der Waals surface area contributed by atoms with E-state index in [1.165, 1.54) is 12.8 Å². The Balaban J connectivity index is 1.74. The highest BCUT2D eigenvalue weighted by molar-refractivity contribution is 4.72. The van der Waals surface area contributed by atoms with Crippen LogP contribution in [0.5, 0.6) is 0 Å². The zero-order chi connectivity index (χ0) is 5.82. The third kappa shape index (κ3) is 2.28. The number of rotatable bonds is 4. The Kier molecular flexibility index (Phi) is 2.30. The molecule has 1 aliphatic rings. The van der Waals surface area contributed by atoms with Crippen LogP contribution in [0.1, 0.15) is 19.8 Å². The highest BCUT2D eigenvalue weighted by atomic mass is 16.7. The second-order valence-electron chi connectivity index (χ2n) is 1.98. The minimum Gasteiger partial charge on any atom is -0.356 e. The molecule has 0 aliphatic heterocycles. The van der Waals surface area contributed by atoms with Crippen molar-refractivity contribution in [2.45, 2.75) is 25.9 Å². The van der Waals surface area contributed by atoms with Crippen molar-refractivity contribution in [2.24, 2.45) is 0 Å². The molecule has 0 saturated heterocycles. The molecule has 0 amide bonds. The van der Waals surface area contributed by atoms with E-state index in [0.29, 0.717) is 12.9 Å². The molecule has 0 unspecified atom stereocenters. The van der Waals surface area contributed by atoms with Gasteiger partial charge in [0.1, 0.15) is 6.79 Å². The minimum atomic E-state index is 0.487. The van der Waals surface area contributed by atoms with Gasteiger partial charge in [-0.1, -0.05) is 0 Å². The highest BCUT2D eigenvalue weighted by Gasteiger charge is 2.21. The lowest BCUT2D eigenvalue weighted by atomic mass is 10.8. The first-order valence-corrected chi connectivity index (χ1v) is 3.13. The summed E-state index contributed by atoms with van der Waals surface area (Å²) in [6.45, 7) is 3.21. The molecule has 1 fully saturated rings. The van der Waals surface area contributed by atoms with Gasteiger partial charge in [-0.15, -0.1) is 0 Å². The fraction of sp³-hybridized carbons (Fsp3) is 1.00. The summed E-state index contributed by atoms with van der Waals surface area (Å²) in [6, 6.07) is 0. The van der Waals surface area contributed by atoms with Gasteiger partial charge >= 0.3 is 0 Å². The van der Waals surface area contributed by atoms with Crippen LogP contribution in [0.15, 0.2) is 0 Å². The second kappa shape index (κ2) is 3.05. The van der Waals surface area contributed by atoms with Crippen molar-refractivity contribution in [3.8, 4) is 0 Å². The maximum atomic E-state index is 5.17. The fourth-order valence-corrected chi connectivity index (χ4v) is 0.462. The van der Waals surface area contributed by atoms with Crippen molar-refractivity contribution in [2.75, 3.05) is 13.4 Å². The molecule has 2 nitrogen and oxygen atoms in total. The average Bonchev–Trinajstić information content (AvgIpc) is 2.51. The van der Waals surface area contributed by atoms with Gasteiger partial charge in [-0.3, -0.25) is 0 Å². The van der Waals surface area contributed by atoms with Crippen LogP contribution in [0.4, 0.5) is 0 Å². The third-order valence-electron chi connectivity index (χ3n) is 1.12. The molecule has 1 rings (SSSR count). The molecular formula is C6H12O2. The Hall–Kier alpha value is -0.0800. The molecule has 1 saturated carbocycles. The molecule has 48 valence electrons. The van der Waals surface area contributed by atoms with Gasteiger partial charge in [0.05, 0.1) is 6.10 Å². The van der Waals surface area contributed by atoms with Gasteiger partial charge < -0.3 is 9.47 Å². The van der Waals surface area contributed by atoms with Crippen LogP contribution in [-0.2, 0) is 9.47 Å². The van der Waals surface area contributed by atoms with E-state index in [0.717, 1.165) is 6.61 Å². The summed E-state index contributed by atoms with van der Waals surface area (Å²) in [7, 11) is 0. The van der Waals surface area contributed by atoms with Gasteiger partial charge in [0.15, 0.2) is 0 Å². The molecule has 0 bridgehead atoms. The van der Waals surface area contributed by atoms with Crippen molar-refractivity contribution >= 4 is 0 Å². The summed E-state index contributed by atoms with van der Waals surface area (Å²) in [5, 5.41) is 0. The smallest absolute Gasteiger partial charge is 0.147 e. The van der Waals surface area contributed by atoms with Crippen molar-refractivity contribution in [3.63, 3.8) is 0 Å². The predicted octanol–water partition coefficient (Wildman–Crippen LogP) is 1.16.